The molecule has 5 saturated carbocycles. The Labute approximate surface area is 210 Å². The summed E-state index contributed by atoms with van der Waals surface area (Å²) in [5, 5.41) is 0. The first-order valence-corrected chi connectivity index (χ1v) is 13.7. The van der Waals surface area contributed by atoms with Crippen molar-refractivity contribution in [1.82, 2.24) is 4.90 Å². The van der Waals surface area contributed by atoms with Crippen molar-refractivity contribution in [3.8, 4) is 0 Å². The molecule has 0 aromatic heterocycles. The van der Waals surface area contributed by atoms with E-state index in [1.807, 2.05) is 20.8 Å². The number of piperidine rings is 1. The molecule has 2 bridgehead atoms. The molecule has 0 aromatic carbocycles. The summed E-state index contributed by atoms with van der Waals surface area (Å²) in [6.45, 7) is 13.2. The second-order valence-corrected chi connectivity index (χ2v) is 14.0. The molecule has 0 aromatic rings. The van der Waals surface area contributed by atoms with Crippen LogP contribution in [-0.4, -0.2) is 60.6 Å². The summed E-state index contributed by atoms with van der Waals surface area (Å²) in [5.74, 6) is 1.86. The molecule has 194 valence electrons. The molecule has 1 amide bonds. The van der Waals surface area contributed by atoms with E-state index in [1.165, 1.54) is 13.5 Å². The largest absolute Gasteiger partial charge is 0.467 e. The van der Waals surface area contributed by atoms with Crippen LogP contribution >= 0.6 is 0 Å². The molecule has 2 unspecified atom stereocenters. The summed E-state index contributed by atoms with van der Waals surface area (Å²) in [4.78, 5) is 28.2. The molecule has 0 spiro atoms. The van der Waals surface area contributed by atoms with E-state index in [9.17, 15) is 9.59 Å². The van der Waals surface area contributed by atoms with Gasteiger partial charge in [0.2, 0.25) is 0 Å². The molecule has 7 nitrogen and oxygen atoms in total. The Bertz CT molecular complexity index is 948. The highest BCUT2D eigenvalue weighted by Gasteiger charge is 2.86. The zero-order chi connectivity index (χ0) is 25.2. The number of methoxy groups -OCH3 is 1. The lowest BCUT2D eigenvalue weighted by Gasteiger charge is -2.64. The van der Waals surface area contributed by atoms with Crippen LogP contribution in [0.2, 0.25) is 6.32 Å². The lowest BCUT2D eigenvalue weighted by molar-refractivity contribution is -0.199. The Morgan fingerprint density at radius 3 is 2.54 bits per heavy atom. The number of rotatable bonds is 5. The van der Waals surface area contributed by atoms with E-state index < -0.39 is 17.2 Å². The number of carbonyl (C=O) groups excluding carboxylic acids is 2. The van der Waals surface area contributed by atoms with Crippen LogP contribution in [0.15, 0.2) is 0 Å². The molecular formula is C27H42BNO6. The number of ether oxygens (including phenoxy) is 2. The Kier molecular flexibility index (Phi) is 4.94. The highest BCUT2D eigenvalue weighted by molar-refractivity contribution is 6.45. The predicted molar refractivity (Wildman–Crippen MR) is 130 cm³/mol. The van der Waals surface area contributed by atoms with Crippen molar-refractivity contribution in [1.29, 1.82) is 0 Å². The number of nitrogens with zero attached hydrogens (tertiary/aromatic N) is 1. The number of esters is 1. The summed E-state index contributed by atoms with van der Waals surface area (Å²) in [6, 6.07) is 0. The van der Waals surface area contributed by atoms with Gasteiger partial charge >= 0.3 is 19.2 Å². The van der Waals surface area contributed by atoms with Crippen molar-refractivity contribution in [2.45, 2.75) is 109 Å². The first-order chi connectivity index (χ1) is 16.3. The maximum Gasteiger partial charge on any atom is 0.457 e. The monoisotopic (exact) mass is 487 g/mol. The van der Waals surface area contributed by atoms with Gasteiger partial charge in [-0.05, 0) is 95.2 Å². The number of hydrogen-bond acceptors (Lipinski definition) is 6. The van der Waals surface area contributed by atoms with Crippen LogP contribution in [0, 0.1) is 34.5 Å². The second-order valence-electron chi connectivity index (χ2n) is 14.0. The van der Waals surface area contributed by atoms with E-state index in [4.69, 9.17) is 18.8 Å². The van der Waals surface area contributed by atoms with E-state index in [-0.39, 0.29) is 30.2 Å². The fourth-order valence-corrected chi connectivity index (χ4v) is 9.64. The highest BCUT2D eigenvalue weighted by Crippen LogP contribution is 2.80. The smallest absolute Gasteiger partial charge is 0.457 e. The number of fused-ring (bicyclic) bond motifs is 1. The Morgan fingerprint density at radius 1 is 1.14 bits per heavy atom. The fourth-order valence-electron chi connectivity index (χ4n) is 9.64. The zero-order valence-electron chi connectivity index (χ0n) is 22.5. The summed E-state index contributed by atoms with van der Waals surface area (Å²) < 4.78 is 24.2. The van der Waals surface area contributed by atoms with Crippen LogP contribution in [-0.2, 0) is 23.6 Å². The SMILES string of the molecule is COC(=O)[C@]12CC[C@H]3C(CN1C(=O)OC(C)(C)C)C32CCCB1O[C@@H]2C[C@@H]3C[C@@H](C3(C)C)[C@]2(C)O1. The van der Waals surface area contributed by atoms with Crippen molar-refractivity contribution in [2.24, 2.45) is 34.5 Å². The zero-order valence-corrected chi connectivity index (χ0v) is 22.5. The molecule has 2 saturated heterocycles. The fraction of sp³-hybridized carbons (Fsp3) is 0.926. The van der Waals surface area contributed by atoms with Crippen LogP contribution < -0.4 is 0 Å². The minimum absolute atomic E-state index is 0.177. The summed E-state index contributed by atoms with van der Waals surface area (Å²) in [5.41, 5.74) is -1.55. The summed E-state index contributed by atoms with van der Waals surface area (Å²) in [7, 11) is 1.26. The van der Waals surface area contributed by atoms with Gasteiger partial charge in [-0.25, -0.2) is 9.59 Å². The van der Waals surface area contributed by atoms with Crippen LogP contribution in [0.25, 0.3) is 0 Å². The first kappa shape index (κ1) is 24.1. The third-order valence-corrected chi connectivity index (χ3v) is 11.3. The molecule has 7 fully saturated rings. The Morgan fingerprint density at radius 2 is 1.89 bits per heavy atom. The van der Waals surface area contributed by atoms with Crippen LogP contribution in [0.1, 0.15) is 80.1 Å². The van der Waals surface area contributed by atoms with E-state index >= 15 is 0 Å². The third kappa shape index (κ3) is 2.93. The molecule has 7 aliphatic rings. The predicted octanol–water partition coefficient (Wildman–Crippen LogP) is 4.68. The topological polar surface area (TPSA) is 74.3 Å². The standard InChI is InChI=1S/C27H42BNO6/c1-23(2,3)33-22(31)29-15-18-17-9-11-27(29,21(30)32-7)26(17,18)10-8-12-28-34-20-14-16-13-19(24(16,4)5)25(20,6)35-28/h16-20H,8-15H2,1-7H3/t16-,17-,18?,19-,20+,25-,26?,27-/m0/s1. The van der Waals surface area contributed by atoms with Gasteiger partial charge in [0.1, 0.15) is 11.1 Å². The third-order valence-electron chi connectivity index (χ3n) is 11.3. The molecule has 2 heterocycles. The van der Waals surface area contributed by atoms with Gasteiger partial charge in [-0.15, -0.1) is 0 Å². The first-order valence-electron chi connectivity index (χ1n) is 13.7. The normalized spacial score (nSPS) is 46.1. The molecule has 5 aliphatic carbocycles. The van der Waals surface area contributed by atoms with Crippen LogP contribution in [0.4, 0.5) is 4.79 Å². The van der Waals surface area contributed by atoms with Crippen molar-refractivity contribution in [3.05, 3.63) is 0 Å². The molecule has 8 atom stereocenters. The molecule has 8 heteroatoms. The molecule has 0 N–H and O–H groups in total. The van der Waals surface area contributed by atoms with Crippen LogP contribution in [0.5, 0.6) is 0 Å². The van der Waals surface area contributed by atoms with Gasteiger partial charge in [-0.2, -0.15) is 0 Å². The van der Waals surface area contributed by atoms with Gasteiger partial charge in [0, 0.05) is 12.0 Å². The number of likely N-dealkylation sites (tertiary alicyclic amines) is 1. The summed E-state index contributed by atoms with van der Waals surface area (Å²) >= 11 is 0. The Hall–Kier alpha value is -1.28. The molecular weight excluding hydrogens is 445 g/mol. The molecule has 0 radical (unpaired) electrons. The average Bonchev–Trinajstić information content (AvgIpc) is 2.97. The van der Waals surface area contributed by atoms with E-state index in [0.29, 0.717) is 36.1 Å². The van der Waals surface area contributed by atoms with E-state index in [0.717, 1.165) is 37.9 Å². The number of hydrogen-bond donors (Lipinski definition) is 0. The maximum atomic E-state index is 13.3. The highest BCUT2D eigenvalue weighted by atomic mass is 16.7. The van der Waals surface area contributed by atoms with E-state index in [1.54, 1.807) is 4.90 Å². The maximum absolute atomic E-state index is 13.3. The number of amides is 1. The van der Waals surface area contributed by atoms with Crippen molar-refractivity contribution < 1.29 is 28.4 Å². The Balaban J connectivity index is 1.15. The van der Waals surface area contributed by atoms with Gasteiger partial charge in [0.15, 0.2) is 0 Å². The number of carbonyl (C=O) groups is 2. The quantitative estimate of drug-likeness (QED) is 0.414. The van der Waals surface area contributed by atoms with Gasteiger partial charge < -0.3 is 18.8 Å². The molecule has 35 heavy (non-hydrogen) atoms. The van der Waals surface area contributed by atoms with Crippen molar-refractivity contribution in [2.75, 3.05) is 13.7 Å². The minimum atomic E-state index is -0.901. The van der Waals surface area contributed by atoms with Crippen molar-refractivity contribution >= 4 is 19.2 Å². The van der Waals surface area contributed by atoms with Crippen LogP contribution in [0.3, 0.4) is 0 Å². The van der Waals surface area contributed by atoms with E-state index in [2.05, 4.69) is 20.8 Å². The lowest BCUT2D eigenvalue weighted by Crippen LogP contribution is -2.65. The molecule has 2 aliphatic heterocycles. The van der Waals surface area contributed by atoms with Gasteiger partial charge in [-0.1, -0.05) is 20.3 Å². The van der Waals surface area contributed by atoms with Gasteiger partial charge in [-0.3, -0.25) is 4.90 Å². The second kappa shape index (κ2) is 7.18. The average molecular weight is 487 g/mol. The lowest BCUT2D eigenvalue weighted by atomic mass is 9.43. The minimum Gasteiger partial charge on any atom is -0.467 e. The van der Waals surface area contributed by atoms with Gasteiger partial charge in [0.05, 0.1) is 18.8 Å². The summed E-state index contributed by atoms with van der Waals surface area (Å²) in [6.07, 6.45) is 6.42. The van der Waals surface area contributed by atoms with Gasteiger partial charge in [0.25, 0.3) is 0 Å². The van der Waals surface area contributed by atoms with Crippen molar-refractivity contribution in [3.63, 3.8) is 0 Å². The molecule has 7 rings (SSSR count).